The number of rotatable bonds is 2. The Morgan fingerprint density at radius 2 is 2.50 bits per heavy atom. The van der Waals surface area contributed by atoms with Crippen molar-refractivity contribution in [1.82, 2.24) is 9.78 Å². The van der Waals surface area contributed by atoms with Crippen LogP contribution in [0.5, 0.6) is 5.88 Å². The summed E-state index contributed by atoms with van der Waals surface area (Å²) in [4.78, 5) is 11.4. The van der Waals surface area contributed by atoms with Crippen LogP contribution in [0.1, 0.15) is 23.7 Å². The minimum absolute atomic E-state index is 0.0302. The van der Waals surface area contributed by atoms with E-state index in [1.807, 2.05) is 23.8 Å². The number of carbonyl (C=O) groups is 1. The third-order valence-corrected chi connectivity index (χ3v) is 3.66. The monoisotopic (exact) mass is 264 g/mol. The number of ether oxygens (including phenoxy) is 1. The number of thiophene rings is 1. The second kappa shape index (κ2) is 4.13. The summed E-state index contributed by atoms with van der Waals surface area (Å²) in [6.45, 7) is 2.63. The van der Waals surface area contributed by atoms with E-state index in [9.17, 15) is 9.90 Å². The fourth-order valence-corrected chi connectivity index (χ4v) is 2.71. The van der Waals surface area contributed by atoms with Crippen LogP contribution >= 0.6 is 11.3 Å². The predicted octanol–water partition coefficient (Wildman–Crippen LogP) is 2.48. The maximum Gasteiger partial charge on any atom is 0.343 e. The molecule has 2 aromatic heterocycles. The van der Waals surface area contributed by atoms with Gasteiger partial charge in [0.2, 0.25) is 5.88 Å². The Labute approximate surface area is 108 Å². The van der Waals surface area contributed by atoms with Crippen molar-refractivity contribution in [3.8, 4) is 17.1 Å². The summed E-state index contributed by atoms with van der Waals surface area (Å²) in [6.07, 6.45) is 0.874. The van der Waals surface area contributed by atoms with Gasteiger partial charge in [-0.1, -0.05) is 0 Å². The molecule has 2 aromatic rings. The zero-order chi connectivity index (χ0) is 12.7. The molecule has 1 atom stereocenters. The average molecular weight is 264 g/mol. The first-order chi connectivity index (χ1) is 8.66. The Morgan fingerprint density at radius 1 is 1.67 bits per heavy atom. The Morgan fingerprint density at radius 3 is 3.17 bits per heavy atom. The van der Waals surface area contributed by atoms with Crippen molar-refractivity contribution < 1.29 is 14.6 Å². The Hall–Kier alpha value is -1.82. The van der Waals surface area contributed by atoms with Gasteiger partial charge in [0.25, 0.3) is 0 Å². The number of nitrogens with zero attached hydrogens (tertiary/aromatic N) is 2. The quantitative estimate of drug-likeness (QED) is 0.905. The maximum absolute atomic E-state index is 11.4. The largest absolute Gasteiger partial charge is 0.477 e. The highest BCUT2D eigenvalue weighted by Gasteiger charge is 2.29. The standard InChI is InChI=1S/C12H12N2O3S/c1-7-2-4-14-11(17-7)9(12(15)16)10(13-14)8-3-5-18-6-8/h3,5-7H,2,4H2,1H3,(H,15,16)/t7-/m1/s1. The molecular weight excluding hydrogens is 252 g/mol. The van der Waals surface area contributed by atoms with Gasteiger partial charge in [-0.25, -0.2) is 9.48 Å². The SMILES string of the molecule is C[C@@H]1CCn2nc(-c3ccsc3)c(C(=O)O)c2O1. The van der Waals surface area contributed by atoms with Crippen molar-refractivity contribution in [2.45, 2.75) is 26.0 Å². The second-order valence-corrected chi connectivity index (χ2v) is 5.07. The minimum atomic E-state index is -0.994. The zero-order valence-electron chi connectivity index (χ0n) is 9.79. The number of hydrogen-bond acceptors (Lipinski definition) is 4. The normalized spacial score (nSPS) is 18.2. The first-order valence-electron chi connectivity index (χ1n) is 5.70. The van der Waals surface area contributed by atoms with Crippen molar-refractivity contribution in [3.05, 3.63) is 22.4 Å². The van der Waals surface area contributed by atoms with Gasteiger partial charge >= 0.3 is 5.97 Å². The number of hydrogen-bond donors (Lipinski definition) is 1. The molecule has 5 nitrogen and oxygen atoms in total. The van der Waals surface area contributed by atoms with Gasteiger partial charge in [0.15, 0.2) is 0 Å². The van der Waals surface area contributed by atoms with Crippen LogP contribution in [0.3, 0.4) is 0 Å². The number of aromatic nitrogens is 2. The molecule has 0 spiro atoms. The van der Waals surface area contributed by atoms with Crippen LogP contribution < -0.4 is 4.74 Å². The molecule has 3 heterocycles. The molecular formula is C12H12N2O3S. The van der Waals surface area contributed by atoms with Crippen molar-refractivity contribution in [2.24, 2.45) is 0 Å². The highest BCUT2D eigenvalue weighted by Crippen LogP contribution is 2.34. The van der Waals surface area contributed by atoms with Gasteiger partial charge in [-0.15, -0.1) is 0 Å². The van der Waals surface area contributed by atoms with Crippen LogP contribution in [0.4, 0.5) is 0 Å². The van der Waals surface area contributed by atoms with Gasteiger partial charge in [0.05, 0.1) is 6.10 Å². The third kappa shape index (κ3) is 1.69. The van der Waals surface area contributed by atoms with E-state index in [1.165, 1.54) is 11.3 Å². The van der Waals surface area contributed by atoms with E-state index in [4.69, 9.17) is 4.74 Å². The van der Waals surface area contributed by atoms with Gasteiger partial charge in [-0.2, -0.15) is 16.4 Å². The highest BCUT2D eigenvalue weighted by molar-refractivity contribution is 7.08. The van der Waals surface area contributed by atoms with Gasteiger partial charge in [0, 0.05) is 23.9 Å². The number of aryl methyl sites for hydroxylation is 1. The fourth-order valence-electron chi connectivity index (χ4n) is 2.07. The maximum atomic E-state index is 11.4. The number of fused-ring (bicyclic) bond motifs is 1. The fraction of sp³-hybridized carbons (Fsp3) is 0.333. The van der Waals surface area contributed by atoms with Crippen molar-refractivity contribution >= 4 is 17.3 Å². The molecule has 3 rings (SSSR count). The zero-order valence-corrected chi connectivity index (χ0v) is 10.6. The molecule has 18 heavy (non-hydrogen) atoms. The van der Waals surface area contributed by atoms with E-state index in [1.54, 1.807) is 4.68 Å². The molecule has 0 saturated carbocycles. The Kier molecular flexibility index (Phi) is 2.59. The van der Waals surface area contributed by atoms with Crippen molar-refractivity contribution in [1.29, 1.82) is 0 Å². The molecule has 0 saturated heterocycles. The first-order valence-corrected chi connectivity index (χ1v) is 6.64. The van der Waals surface area contributed by atoms with E-state index in [2.05, 4.69) is 5.10 Å². The van der Waals surface area contributed by atoms with E-state index < -0.39 is 5.97 Å². The van der Waals surface area contributed by atoms with E-state index in [0.717, 1.165) is 12.0 Å². The molecule has 94 valence electrons. The minimum Gasteiger partial charge on any atom is -0.477 e. The Bertz CT molecular complexity index is 589. The molecule has 0 unspecified atom stereocenters. The molecule has 1 aliphatic heterocycles. The summed E-state index contributed by atoms with van der Waals surface area (Å²) in [6, 6.07) is 1.87. The van der Waals surface area contributed by atoms with Crippen molar-refractivity contribution in [2.75, 3.05) is 0 Å². The summed E-state index contributed by atoms with van der Waals surface area (Å²) in [7, 11) is 0. The average Bonchev–Trinajstić information content (AvgIpc) is 2.94. The predicted molar refractivity (Wildman–Crippen MR) is 67.2 cm³/mol. The second-order valence-electron chi connectivity index (χ2n) is 4.29. The topological polar surface area (TPSA) is 64.4 Å². The molecule has 1 N–H and O–H groups in total. The van der Waals surface area contributed by atoms with Crippen LogP contribution in [0.15, 0.2) is 16.8 Å². The summed E-state index contributed by atoms with van der Waals surface area (Å²) in [5, 5.41) is 17.5. The first kappa shape index (κ1) is 11.3. The lowest BCUT2D eigenvalue weighted by Crippen LogP contribution is -2.24. The molecule has 1 aliphatic rings. The molecule has 0 fully saturated rings. The smallest absolute Gasteiger partial charge is 0.343 e. The molecule has 6 heteroatoms. The molecule has 0 radical (unpaired) electrons. The molecule has 0 aliphatic carbocycles. The van der Waals surface area contributed by atoms with Gasteiger partial charge in [-0.05, 0) is 18.4 Å². The number of carboxylic acid groups (broad SMARTS) is 1. The van der Waals surface area contributed by atoms with E-state index >= 15 is 0 Å². The Balaban J connectivity index is 2.18. The lowest BCUT2D eigenvalue weighted by molar-refractivity contribution is 0.0684. The number of aromatic carboxylic acids is 1. The molecule has 0 aromatic carbocycles. The van der Waals surface area contributed by atoms with Gasteiger partial charge in [-0.3, -0.25) is 0 Å². The van der Waals surface area contributed by atoms with E-state index in [0.29, 0.717) is 18.1 Å². The summed E-state index contributed by atoms with van der Waals surface area (Å²) >= 11 is 1.52. The van der Waals surface area contributed by atoms with Crippen molar-refractivity contribution in [3.63, 3.8) is 0 Å². The third-order valence-electron chi connectivity index (χ3n) is 2.97. The lowest BCUT2D eigenvalue weighted by Gasteiger charge is -2.21. The lowest BCUT2D eigenvalue weighted by atomic mass is 10.1. The van der Waals surface area contributed by atoms with E-state index in [-0.39, 0.29) is 11.7 Å². The van der Waals surface area contributed by atoms with Crippen LogP contribution in [0, 0.1) is 0 Å². The number of carboxylic acids is 1. The summed E-state index contributed by atoms with van der Waals surface area (Å²) < 4.78 is 7.28. The van der Waals surface area contributed by atoms with Crippen LogP contribution in [0.2, 0.25) is 0 Å². The summed E-state index contributed by atoms with van der Waals surface area (Å²) in [5.74, 6) is -0.617. The summed E-state index contributed by atoms with van der Waals surface area (Å²) in [5.41, 5.74) is 1.49. The molecule has 0 amide bonds. The highest BCUT2D eigenvalue weighted by atomic mass is 32.1. The van der Waals surface area contributed by atoms with Crippen LogP contribution in [-0.2, 0) is 6.54 Å². The van der Waals surface area contributed by atoms with Crippen LogP contribution in [-0.4, -0.2) is 27.0 Å². The molecule has 0 bridgehead atoms. The van der Waals surface area contributed by atoms with Crippen LogP contribution in [0.25, 0.3) is 11.3 Å². The van der Waals surface area contributed by atoms with Gasteiger partial charge in [0.1, 0.15) is 11.3 Å². The van der Waals surface area contributed by atoms with Gasteiger partial charge < -0.3 is 9.84 Å².